The molecule has 0 atom stereocenters. The van der Waals surface area contributed by atoms with E-state index in [0.29, 0.717) is 11.8 Å². The Kier molecular flexibility index (Phi) is 7.04. The summed E-state index contributed by atoms with van der Waals surface area (Å²) in [6.45, 7) is 9.12. The third kappa shape index (κ3) is 4.96. The highest BCUT2D eigenvalue weighted by Crippen LogP contribution is 2.37. The molecule has 198 valence electrons. The van der Waals surface area contributed by atoms with Crippen molar-refractivity contribution in [2.45, 2.75) is 46.0 Å². The van der Waals surface area contributed by atoms with Crippen molar-refractivity contribution in [2.24, 2.45) is 0 Å². The van der Waals surface area contributed by atoms with E-state index in [2.05, 4.69) is 134 Å². The Bertz CT molecular complexity index is 1750. The molecule has 6 aromatic rings. The number of fused-ring (bicyclic) bond motifs is 1. The second kappa shape index (κ2) is 10.9. The van der Waals surface area contributed by atoms with Gasteiger partial charge in [0.25, 0.3) is 0 Å². The van der Waals surface area contributed by atoms with Crippen molar-refractivity contribution in [1.82, 2.24) is 14.5 Å². The standard InChI is InChI=1S/C37H35N3/c1-25(2)31-16-11-17-32(26(3)4)36(31)40-35-20-6-5-19-34(35)39-37(40)30-15-10-13-28(24-30)22-27-12-9-14-29(23-27)33-18-7-8-21-38-33/h5-21,23-26H,22H2,1-4H3. The summed E-state index contributed by atoms with van der Waals surface area (Å²) in [7, 11) is 0. The van der Waals surface area contributed by atoms with Gasteiger partial charge in [-0.3, -0.25) is 9.55 Å². The molecule has 0 aliphatic carbocycles. The van der Waals surface area contributed by atoms with Gasteiger partial charge in [0.2, 0.25) is 0 Å². The maximum atomic E-state index is 5.22. The molecule has 0 aliphatic rings. The molecule has 4 aromatic carbocycles. The number of hydrogen-bond donors (Lipinski definition) is 0. The maximum absolute atomic E-state index is 5.22. The van der Waals surface area contributed by atoms with E-state index in [0.717, 1.165) is 40.1 Å². The van der Waals surface area contributed by atoms with Crippen LogP contribution in [0.1, 0.15) is 61.8 Å². The molecule has 0 spiro atoms. The van der Waals surface area contributed by atoms with Gasteiger partial charge >= 0.3 is 0 Å². The molecule has 0 N–H and O–H groups in total. The lowest BCUT2D eigenvalue weighted by molar-refractivity contribution is 0.811. The predicted molar refractivity (Wildman–Crippen MR) is 167 cm³/mol. The highest BCUT2D eigenvalue weighted by atomic mass is 15.1. The van der Waals surface area contributed by atoms with Gasteiger partial charge in [0.1, 0.15) is 5.82 Å². The van der Waals surface area contributed by atoms with E-state index in [4.69, 9.17) is 4.98 Å². The van der Waals surface area contributed by atoms with Gasteiger partial charge in [-0.25, -0.2) is 4.98 Å². The van der Waals surface area contributed by atoms with Gasteiger partial charge in [-0.15, -0.1) is 0 Å². The van der Waals surface area contributed by atoms with Gasteiger partial charge in [0.15, 0.2) is 0 Å². The Hall–Kier alpha value is -4.50. The van der Waals surface area contributed by atoms with Crippen LogP contribution in [0.4, 0.5) is 0 Å². The highest BCUT2D eigenvalue weighted by molar-refractivity contribution is 5.84. The monoisotopic (exact) mass is 521 g/mol. The molecule has 3 heteroatoms. The molecule has 40 heavy (non-hydrogen) atoms. The van der Waals surface area contributed by atoms with Crippen LogP contribution in [0.3, 0.4) is 0 Å². The average Bonchev–Trinajstić information content (AvgIpc) is 3.37. The molecule has 0 bridgehead atoms. The smallest absolute Gasteiger partial charge is 0.145 e. The van der Waals surface area contributed by atoms with E-state index < -0.39 is 0 Å². The summed E-state index contributed by atoms with van der Waals surface area (Å²) in [5.41, 5.74) is 11.9. The lowest BCUT2D eigenvalue weighted by Gasteiger charge is -2.22. The van der Waals surface area contributed by atoms with Gasteiger partial charge < -0.3 is 0 Å². The minimum atomic E-state index is 0.389. The number of imidazole rings is 1. The zero-order chi connectivity index (χ0) is 27.6. The van der Waals surface area contributed by atoms with E-state index >= 15 is 0 Å². The van der Waals surface area contributed by atoms with Crippen LogP contribution in [0.25, 0.3) is 39.4 Å². The predicted octanol–water partition coefficient (Wildman–Crippen LogP) is 9.59. The van der Waals surface area contributed by atoms with Gasteiger partial charge in [-0.05, 0) is 76.9 Å². The molecular weight excluding hydrogens is 486 g/mol. The van der Waals surface area contributed by atoms with E-state index in [1.165, 1.54) is 27.9 Å². The number of aromatic nitrogens is 3. The SMILES string of the molecule is CC(C)c1cccc(C(C)C)c1-n1c(-c2cccc(Cc3cccc(-c4ccccn4)c3)c2)nc2ccccc21. The van der Waals surface area contributed by atoms with Crippen molar-refractivity contribution >= 4 is 11.0 Å². The van der Waals surface area contributed by atoms with Gasteiger partial charge in [0, 0.05) is 17.3 Å². The zero-order valence-electron chi connectivity index (χ0n) is 23.7. The van der Waals surface area contributed by atoms with Crippen LogP contribution in [0, 0.1) is 0 Å². The fourth-order valence-electron chi connectivity index (χ4n) is 5.65. The number of benzene rings is 4. The first kappa shape index (κ1) is 25.8. The molecule has 0 saturated heterocycles. The van der Waals surface area contributed by atoms with Gasteiger partial charge in [-0.1, -0.05) is 100 Å². The molecule has 0 amide bonds. The van der Waals surface area contributed by atoms with Crippen molar-refractivity contribution in [3.8, 4) is 28.3 Å². The van der Waals surface area contributed by atoms with Crippen LogP contribution in [-0.4, -0.2) is 14.5 Å². The quantitative estimate of drug-likeness (QED) is 0.209. The summed E-state index contributed by atoms with van der Waals surface area (Å²) < 4.78 is 2.40. The topological polar surface area (TPSA) is 30.7 Å². The summed E-state index contributed by atoms with van der Waals surface area (Å²) in [5, 5.41) is 0. The summed E-state index contributed by atoms with van der Waals surface area (Å²) in [6.07, 6.45) is 2.69. The molecule has 0 unspecified atom stereocenters. The lowest BCUT2D eigenvalue weighted by Crippen LogP contribution is -2.08. The summed E-state index contributed by atoms with van der Waals surface area (Å²) in [6, 6.07) is 38.9. The highest BCUT2D eigenvalue weighted by Gasteiger charge is 2.22. The summed E-state index contributed by atoms with van der Waals surface area (Å²) in [5.74, 6) is 1.76. The fraction of sp³-hybridized carbons (Fsp3) is 0.189. The van der Waals surface area contributed by atoms with E-state index in [1.54, 1.807) is 0 Å². The van der Waals surface area contributed by atoms with E-state index in [1.807, 2.05) is 18.3 Å². The van der Waals surface area contributed by atoms with Crippen LogP contribution in [0.15, 0.2) is 115 Å². The molecule has 6 rings (SSSR count). The van der Waals surface area contributed by atoms with Crippen LogP contribution in [0.2, 0.25) is 0 Å². The van der Waals surface area contributed by atoms with Crippen LogP contribution in [0.5, 0.6) is 0 Å². The van der Waals surface area contributed by atoms with Crippen molar-refractivity contribution in [2.75, 3.05) is 0 Å². The Morgan fingerprint density at radius 2 is 1.25 bits per heavy atom. The largest absolute Gasteiger partial charge is 0.292 e. The second-order valence-electron chi connectivity index (χ2n) is 11.1. The fourth-order valence-corrected chi connectivity index (χ4v) is 5.65. The van der Waals surface area contributed by atoms with Crippen LogP contribution < -0.4 is 0 Å². The average molecular weight is 522 g/mol. The molecule has 0 aliphatic heterocycles. The normalized spacial score (nSPS) is 11.6. The molecule has 0 radical (unpaired) electrons. The van der Waals surface area contributed by atoms with Crippen molar-refractivity contribution in [1.29, 1.82) is 0 Å². The van der Waals surface area contributed by atoms with Gasteiger partial charge in [0.05, 0.1) is 22.4 Å². The third-order valence-electron chi connectivity index (χ3n) is 7.61. The molecule has 2 heterocycles. The molecule has 0 saturated carbocycles. The van der Waals surface area contributed by atoms with E-state index in [9.17, 15) is 0 Å². The Balaban J connectivity index is 1.47. The van der Waals surface area contributed by atoms with Gasteiger partial charge in [-0.2, -0.15) is 0 Å². The number of para-hydroxylation sites is 3. The Labute approximate surface area is 237 Å². The number of hydrogen-bond acceptors (Lipinski definition) is 2. The number of pyridine rings is 1. The minimum absolute atomic E-state index is 0.389. The zero-order valence-corrected chi connectivity index (χ0v) is 23.7. The second-order valence-corrected chi connectivity index (χ2v) is 11.1. The maximum Gasteiger partial charge on any atom is 0.145 e. The first-order valence-electron chi connectivity index (χ1n) is 14.2. The molecule has 3 nitrogen and oxygen atoms in total. The minimum Gasteiger partial charge on any atom is -0.292 e. The molecule has 2 aromatic heterocycles. The summed E-state index contributed by atoms with van der Waals surface area (Å²) >= 11 is 0. The number of rotatable bonds is 7. The molecular formula is C37H35N3. The molecule has 0 fully saturated rings. The van der Waals surface area contributed by atoms with Crippen LogP contribution in [-0.2, 0) is 6.42 Å². The third-order valence-corrected chi connectivity index (χ3v) is 7.61. The first-order valence-corrected chi connectivity index (χ1v) is 14.2. The van der Waals surface area contributed by atoms with E-state index in [-0.39, 0.29) is 0 Å². The van der Waals surface area contributed by atoms with Crippen molar-refractivity contribution < 1.29 is 0 Å². The van der Waals surface area contributed by atoms with Crippen molar-refractivity contribution in [3.05, 3.63) is 138 Å². The Morgan fingerprint density at radius 1 is 0.625 bits per heavy atom. The first-order chi connectivity index (χ1) is 19.5. The summed E-state index contributed by atoms with van der Waals surface area (Å²) in [4.78, 5) is 9.75. The number of nitrogens with zero attached hydrogens (tertiary/aromatic N) is 3. The van der Waals surface area contributed by atoms with Crippen LogP contribution >= 0.6 is 0 Å². The Morgan fingerprint density at radius 3 is 1.93 bits per heavy atom. The lowest BCUT2D eigenvalue weighted by atomic mass is 9.92. The van der Waals surface area contributed by atoms with Crippen molar-refractivity contribution in [3.63, 3.8) is 0 Å².